The van der Waals surface area contributed by atoms with E-state index < -0.39 is 58.6 Å². The van der Waals surface area contributed by atoms with Gasteiger partial charge in [-0.05, 0) is 43.0 Å². The van der Waals surface area contributed by atoms with Crippen molar-refractivity contribution in [1.29, 1.82) is 0 Å². The molecule has 3 rings (SSSR count). The van der Waals surface area contributed by atoms with Crippen LogP contribution in [0.15, 0.2) is 36.7 Å². The number of aliphatic hydroxyl groups excluding tert-OH is 1. The standard InChI is InChI=1S/C26H38ClFN6O10P2/c1-15(24(36)41-13-26(3,4)5)33-45(37,43-17-10-8-7-9-11-17)44-46(38,39)42-12-18(40-6)21(35)19(28)16(2)34-14-30-20-22(29)31-25(27)32-23(20)34/h7-11,14-16,18-19,21,35H,12-13H2,1-6H3,(H,33,37)(H,38,39)(H2,29,31,32)/t15-,16?,18?,19?,21?,45?/m1/s1. The number of phosphoric acid groups is 1. The third-order valence-corrected chi connectivity index (χ3v) is 9.75. The van der Waals surface area contributed by atoms with E-state index in [1.54, 1.807) is 6.07 Å². The molecule has 1 aromatic carbocycles. The molecule has 0 bridgehead atoms. The molecular formula is C26H38ClFN6O10P2. The highest BCUT2D eigenvalue weighted by atomic mass is 35.5. The Labute approximate surface area is 269 Å². The first-order valence-electron chi connectivity index (χ1n) is 13.8. The number of benzene rings is 1. The van der Waals surface area contributed by atoms with Gasteiger partial charge in [0, 0.05) is 7.11 Å². The minimum atomic E-state index is -5.31. The summed E-state index contributed by atoms with van der Waals surface area (Å²) in [5.41, 5.74) is 5.71. The summed E-state index contributed by atoms with van der Waals surface area (Å²) < 4.78 is 69.1. The van der Waals surface area contributed by atoms with Crippen LogP contribution in [0.25, 0.3) is 11.2 Å². The van der Waals surface area contributed by atoms with Gasteiger partial charge >= 0.3 is 21.5 Å². The van der Waals surface area contributed by atoms with E-state index in [-0.39, 0.29) is 40.0 Å². The molecule has 2 heterocycles. The topological polar surface area (TPSA) is 219 Å². The lowest BCUT2D eigenvalue weighted by atomic mass is 9.99. The van der Waals surface area contributed by atoms with Gasteiger partial charge in [-0.2, -0.15) is 19.4 Å². The molecule has 0 saturated heterocycles. The average Bonchev–Trinajstić information content (AvgIpc) is 3.38. The van der Waals surface area contributed by atoms with Gasteiger partial charge in [0.05, 0.1) is 25.6 Å². The number of aliphatic hydroxyl groups is 1. The highest BCUT2D eigenvalue weighted by Gasteiger charge is 2.42. The number of imidazole rings is 1. The number of methoxy groups -OCH3 is 1. The molecule has 0 amide bonds. The Morgan fingerprint density at radius 2 is 1.85 bits per heavy atom. The number of phosphoric ester groups is 1. The van der Waals surface area contributed by atoms with Gasteiger partial charge < -0.3 is 34.3 Å². The third-order valence-electron chi connectivity index (χ3n) is 6.26. The third kappa shape index (κ3) is 10.4. The maximum atomic E-state index is 15.6. The van der Waals surface area contributed by atoms with Crippen molar-refractivity contribution in [2.45, 2.75) is 65.1 Å². The Morgan fingerprint density at radius 3 is 2.46 bits per heavy atom. The zero-order chi connectivity index (χ0) is 34.4. The van der Waals surface area contributed by atoms with E-state index in [1.165, 1.54) is 49.0 Å². The number of hydrogen-bond donors (Lipinski definition) is 4. The predicted molar refractivity (Wildman–Crippen MR) is 166 cm³/mol. The number of esters is 1. The van der Waals surface area contributed by atoms with Crippen molar-refractivity contribution in [3.63, 3.8) is 0 Å². The van der Waals surface area contributed by atoms with E-state index in [2.05, 4.69) is 20.0 Å². The summed E-state index contributed by atoms with van der Waals surface area (Å²) in [5, 5.41) is 12.9. The van der Waals surface area contributed by atoms with E-state index in [9.17, 15) is 23.9 Å². The molecule has 0 aliphatic heterocycles. The Hall–Kier alpha value is -2.72. The zero-order valence-electron chi connectivity index (χ0n) is 25.9. The molecular weight excluding hydrogens is 673 g/mol. The van der Waals surface area contributed by atoms with Gasteiger partial charge in [-0.1, -0.05) is 39.0 Å². The largest absolute Gasteiger partial charge is 0.481 e. The van der Waals surface area contributed by atoms with Gasteiger partial charge in [0.2, 0.25) is 5.28 Å². The van der Waals surface area contributed by atoms with Crippen molar-refractivity contribution < 1.29 is 51.1 Å². The van der Waals surface area contributed by atoms with Gasteiger partial charge in [-0.25, -0.2) is 18.5 Å². The van der Waals surface area contributed by atoms with E-state index in [0.29, 0.717) is 0 Å². The minimum Gasteiger partial charge on any atom is -0.464 e. The SMILES string of the molecule is COC(COP(=O)(O)OP(=O)(N[C@H](C)C(=O)OCC(C)(C)C)Oc1ccccc1)C(O)C(F)C(C)n1cnc2c(N)nc(Cl)nc21. The minimum absolute atomic E-state index is 0.0296. The number of nitrogens with one attached hydrogen (secondary N) is 1. The van der Waals surface area contributed by atoms with Crippen molar-refractivity contribution in [2.75, 3.05) is 26.1 Å². The fourth-order valence-corrected chi connectivity index (χ4v) is 7.01. The normalized spacial score (nSPS) is 18.1. The molecule has 20 heteroatoms. The molecule has 0 fully saturated rings. The van der Waals surface area contributed by atoms with Crippen molar-refractivity contribution >= 4 is 50.1 Å². The number of para-hydroxylation sites is 1. The second-order valence-electron chi connectivity index (χ2n) is 11.4. The number of nitrogens with two attached hydrogens (primary N) is 1. The quantitative estimate of drug-likeness (QED) is 0.0929. The molecule has 0 aliphatic rings. The summed E-state index contributed by atoms with van der Waals surface area (Å²) in [6.07, 6.45) is -4.31. The number of hydrogen-bond acceptors (Lipinski definition) is 13. The monoisotopic (exact) mass is 710 g/mol. The molecule has 0 spiro atoms. The van der Waals surface area contributed by atoms with E-state index >= 15 is 4.39 Å². The Balaban J connectivity index is 1.73. The van der Waals surface area contributed by atoms with Crippen molar-refractivity contribution in [3.8, 4) is 5.75 Å². The van der Waals surface area contributed by atoms with Crippen molar-refractivity contribution in [3.05, 3.63) is 41.9 Å². The Morgan fingerprint density at radius 1 is 1.20 bits per heavy atom. The molecule has 2 aromatic heterocycles. The molecule has 3 aromatic rings. The maximum Gasteiger partial charge on any atom is 0.481 e. The number of rotatable bonds is 16. The molecule has 6 unspecified atom stereocenters. The van der Waals surface area contributed by atoms with Crippen LogP contribution in [-0.2, 0) is 32.2 Å². The number of carbonyl (C=O) groups excluding carboxylic acids is 1. The second-order valence-corrected chi connectivity index (χ2v) is 15.0. The number of nitrogens with zero attached hydrogens (tertiary/aromatic N) is 4. The lowest BCUT2D eigenvalue weighted by Crippen LogP contribution is -2.42. The average molecular weight is 711 g/mol. The summed E-state index contributed by atoms with van der Waals surface area (Å²) in [6, 6.07) is 5.05. The number of aromatic nitrogens is 4. The molecule has 0 aliphatic carbocycles. The molecule has 256 valence electrons. The maximum absolute atomic E-state index is 15.6. The zero-order valence-corrected chi connectivity index (χ0v) is 28.5. The van der Waals surface area contributed by atoms with Crippen molar-refractivity contribution in [1.82, 2.24) is 24.6 Å². The fourth-order valence-electron chi connectivity index (χ4n) is 3.87. The van der Waals surface area contributed by atoms with Crippen LogP contribution in [0.1, 0.15) is 40.7 Å². The van der Waals surface area contributed by atoms with E-state index in [0.717, 1.165) is 7.11 Å². The highest BCUT2D eigenvalue weighted by Crippen LogP contribution is 2.60. The predicted octanol–water partition coefficient (Wildman–Crippen LogP) is 4.23. The molecule has 5 N–H and O–H groups in total. The van der Waals surface area contributed by atoms with Crippen LogP contribution in [0.4, 0.5) is 10.2 Å². The number of alkyl halides is 1. The number of fused-ring (bicyclic) bond motifs is 1. The highest BCUT2D eigenvalue weighted by molar-refractivity contribution is 7.63. The molecule has 7 atom stereocenters. The van der Waals surface area contributed by atoms with Crippen LogP contribution in [-0.4, -0.2) is 80.2 Å². The Kier molecular flexibility index (Phi) is 12.7. The summed E-state index contributed by atoms with van der Waals surface area (Å²) in [7, 11) is -9.04. The van der Waals surface area contributed by atoms with Crippen LogP contribution in [0.2, 0.25) is 5.28 Å². The van der Waals surface area contributed by atoms with Gasteiger partial charge in [0.25, 0.3) is 0 Å². The first-order valence-corrected chi connectivity index (χ1v) is 17.2. The molecule has 46 heavy (non-hydrogen) atoms. The van der Waals surface area contributed by atoms with Crippen LogP contribution < -0.4 is 15.3 Å². The summed E-state index contributed by atoms with van der Waals surface area (Å²) in [4.78, 5) is 34.9. The molecule has 0 saturated carbocycles. The van der Waals surface area contributed by atoms with E-state index in [1.807, 2.05) is 20.8 Å². The first kappa shape index (κ1) is 37.7. The van der Waals surface area contributed by atoms with Crippen LogP contribution in [0.5, 0.6) is 5.75 Å². The first-order chi connectivity index (χ1) is 21.3. The summed E-state index contributed by atoms with van der Waals surface area (Å²) in [5.74, 6) is -0.900. The van der Waals surface area contributed by atoms with Crippen molar-refractivity contribution in [2.24, 2.45) is 5.41 Å². The fraction of sp³-hybridized carbons (Fsp3) is 0.538. The lowest BCUT2D eigenvalue weighted by Gasteiger charge is -2.29. The smallest absolute Gasteiger partial charge is 0.464 e. The number of nitrogen functional groups attached to an aromatic ring is 1. The van der Waals surface area contributed by atoms with E-state index in [4.69, 9.17) is 40.2 Å². The van der Waals surface area contributed by atoms with Crippen LogP contribution in [0, 0.1) is 5.41 Å². The van der Waals surface area contributed by atoms with Gasteiger partial charge in [-0.3, -0.25) is 9.32 Å². The van der Waals surface area contributed by atoms with Gasteiger partial charge in [0.15, 0.2) is 11.5 Å². The number of ether oxygens (including phenoxy) is 2. The van der Waals surface area contributed by atoms with Crippen LogP contribution in [0.3, 0.4) is 0 Å². The molecule has 0 radical (unpaired) electrons. The number of anilines is 1. The lowest BCUT2D eigenvalue weighted by molar-refractivity contribution is -0.148. The number of halogens is 2. The number of carbonyl (C=O) groups is 1. The second kappa shape index (κ2) is 15.5. The summed E-state index contributed by atoms with van der Waals surface area (Å²) >= 11 is 5.88. The Bertz CT molecular complexity index is 1580. The molecule has 16 nitrogen and oxygen atoms in total. The van der Waals surface area contributed by atoms with Gasteiger partial charge in [0.1, 0.15) is 35.7 Å². The van der Waals surface area contributed by atoms with Crippen LogP contribution >= 0.6 is 27.2 Å². The van der Waals surface area contributed by atoms with Gasteiger partial charge in [-0.15, -0.1) is 0 Å². The summed E-state index contributed by atoms with van der Waals surface area (Å²) in [6.45, 7) is 7.33.